The van der Waals surface area contributed by atoms with Crippen molar-refractivity contribution in [3.05, 3.63) is 89.4 Å². The molecule has 4 heterocycles. The lowest BCUT2D eigenvalue weighted by Crippen LogP contribution is -2.55. The van der Waals surface area contributed by atoms with Crippen LogP contribution >= 0.6 is 0 Å². The van der Waals surface area contributed by atoms with Crippen molar-refractivity contribution in [3.8, 4) is 0 Å². The van der Waals surface area contributed by atoms with Gasteiger partial charge in [0.2, 0.25) is 0 Å². The maximum atomic E-state index is 13.5. The average molecular weight is 582 g/mol. The van der Waals surface area contributed by atoms with Gasteiger partial charge in [0.15, 0.2) is 0 Å². The highest BCUT2D eigenvalue weighted by Gasteiger charge is 2.34. The first-order chi connectivity index (χ1) is 20.9. The molecule has 2 aliphatic rings. The lowest BCUT2D eigenvalue weighted by molar-refractivity contribution is -0.151. The first-order valence-corrected chi connectivity index (χ1v) is 14.6. The third-order valence-corrected chi connectivity index (χ3v) is 8.35. The van der Waals surface area contributed by atoms with Gasteiger partial charge in [-0.2, -0.15) is 5.10 Å². The van der Waals surface area contributed by atoms with Crippen LogP contribution < -0.4 is 10.6 Å². The summed E-state index contributed by atoms with van der Waals surface area (Å²) in [6.07, 6.45) is 6.09. The van der Waals surface area contributed by atoms with Gasteiger partial charge in [-0.25, -0.2) is 14.4 Å². The fourth-order valence-electron chi connectivity index (χ4n) is 5.96. The second-order valence-electron chi connectivity index (χ2n) is 11.2. The summed E-state index contributed by atoms with van der Waals surface area (Å²) in [5.74, 6) is -0.513. The van der Waals surface area contributed by atoms with Gasteiger partial charge in [0.1, 0.15) is 12.1 Å². The Bertz CT molecular complexity index is 1630. The van der Waals surface area contributed by atoms with E-state index >= 15 is 0 Å². The van der Waals surface area contributed by atoms with Crippen LogP contribution in [0.1, 0.15) is 48.1 Å². The second kappa shape index (κ2) is 12.1. The summed E-state index contributed by atoms with van der Waals surface area (Å²) in [7, 11) is 0. The number of hydrogen-bond donors (Lipinski definition) is 3. The third kappa shape index (κ3) is 6.15. The van der Waals surface area contributed by atoms with Gasteiger partial charge in [-0.3, -0.25) is 10.1 Å². The Morgan fingerprint density at radius 2 is 1.88 bits per heavy atom. The maximum absolute atomic E-state index is 13.5. The monoisotopic (exact) mass is 581 g/mol. The maximum Gasteiger partial charge on any atom is 0.329 e. The van der Waals surface area contributed by atoms with E-state index in [1.54, 1.807) is 42.5 Å². The Hall–Kier alpha value is -4.93. The number of benzene rings is 2. The van der Waals surface area contributed by atoms with Crippen LogP contribution in [0.3, 0.4) is 0 Å². The molecular formula is C32H35N7O4. The van der Waals surface area contributed by atoms with E-state index in [4.69, 9.17) is 4.74 Å². The first-order valence-electron chi connectivity index (χ1n) is 14.6. The van der Waals surface area contributed by atoms with Crippen LogP contribution in [-0.4, -0.2) is 68.2 Å². The molecule has 11 heteroatoms. The van der Waals surface area contributed by atoms with Crippen molar-refractivity contribution in [2.45, 2.75) is 57.8 Å². The average Bonchev–Trinajstić information content (AvgIpc) is 3.50. The molecule has 2 aromatic carbocycles. The van der Waals surface area contributed by atoms with Gasteiger partial charge in [-0.05, 0) is 73.2 Å². The fourth-order valence-corrected chi connectivity index (χ4v) is 5.96. The third-order valence-electron chi connectivity index (χ3n) is 8.35. The van der Waals surface area contributed by atoms with Crippen molar-refractivity contribution < 1.29 is 19.1 Å². The van der Waals surface area contributed by atoms with Crippen molar-refractivity contribution in [2.24, 2.45) is 0 Å². The van der Waals surface area contributed by atoms with Gasteiger partial charge in [-0.15, -0.1) is 0 Å². The highest BCUT2D eigenvalue weighted by Crippen LogP contribution is 2.28. The summed E-state index contributed by atoms with van der Waals surface area (Å²) in [6.45, 7) is 5.26. The van der Waals surface area contributed by atoms with E-state index in [-0.39, 0.29) is 24.5 Å². The van der Waals surface area contributed by atoms with E-state index < -0.39 is 18.1 Å². The molecule has 1 fully saturated rings. The van der Waals surface area contributed by atoms with Gasteiger partial charge in [0.25, 0.3) is 0 Å². The number of pyridine rings is 1. The normalized spacial score (nSPS) is 16.7. The van der Waals surface area contributed by atoms with Crippen molar-refractivity contribution in [1.29, 1.82) is 0 Å². The molecule has 4 aromatic rings. The summed E-state index contributed by atoms with van der Waals surface area (Å²) in [6, 6.07) is 14.0. The molecule has 0 bridgehead atoms. The molecule has 6 rings (SSSR count). The minimum absolute atomic E-state index is 0.0176. The largest absolute Gasteiger partial charge is 0.456 e. The van der Waals surface area contributed by atoms with Crippen molar-refractivity contribution in [1.82, 2.24) is 30.3 Å². The molecule has 1 saturated heterocycles. The summed E-state index contributed by atoms with van der Waals surface area (Å²) >= 11 is 0. The minimum Gasteiger partial charge on any atom is -0.456 e. The predicted octanol–water partition coefficient (Wildman–Crippen LogP) is 4.70. The lowest BCUT2D eigenvalue weighted by Gasteiger charge is -2.40. The molecule has 3 N–H and O–H groups in total. The predicted molar refractivity (Wildman–Crippen MR) is 161 cm³/mol. The smallest absolute Gasteiger partial charge is 0.329 e. The standard InChI is InChI=1S/C32H35N7O4/c1-20-15-22(16-25-18-34-37-29(20)25)17-28(30(40)43-21(2)23-7-11-33-12-8-23)36-31(41)38-13-9-26(10-14-38)39-19-24-5-3-4-6-27(24)35-32(39)42/h3-8,11-12,15-16,18,21,26,28H,9-10,13-14,17,19H2,1-2H3,(H,34,37)(H,35,42)(H,36,41)/t21?,28-/m0/s1. The van der Waals surface area contributed by atoms with E-state index in [9.17, 15) is 14.4 Å². The van der Waals surface area contributed by atoms with Crippen molar-refractivity contribution in [2.75, 3.05) is 18.4 Å². The molecule has 4 amide bonds. The number of nitrogens with zero attached hydrogens (tertiary/aromatic N) is 4. The number of ether oxygens (including phenoxy) is 1. The Kier molecular flexibility index (Phi) is 7.95. The molecule has 0 saturated carbocycles. The van der Waals surface area contributed by atoms with Gasteiger partial charge >= 0.3 is 18.0 Å². The molecule has 11 nitrogen and oxygen atoms in total. The number of rotatable bonds is 7. The Labute approximate surface area is 249 Å². The summed E-state index contributed by atoms with van der Waals surface area (Å²) in [5.41, 5.74) is 5.56. The summed E-state index contributed by atoms with van der Waals surface area (Å²) in [5, 5.41) is 14.0. The van der Waals surface area contributed by atoms with Crippen LogP contribution in [0.15, 0.2) is 67.1 Å². The number of likely N-dealkylation sites (tertiary alicyclic amines) is 1. The van der Waals surface area contributed by atoms with Crippen LogP contribution in [0.4, 0.5) is 15.3 Å². The number of amides is 4. The van der Waals surface area contributed by atoms with E-state index in [1.165, 1.54) is 0 Å². The van der Waals surface area contributed by atoms with E-state index in [0.29, 0.717) is 32.5 Å². The zero-order chi connectivity index (χ0) is 29.9. The van der Waals surface area contributed by atoms with E-state index in [2.05, 4.69) is 25.8 Å². The van der Waals surface area contributed by atoms with E-state index in [0.717, 1.165) is 38.8 Å². The molecule has 0 aliphatic carbocycles. The lowest BCUT2D eigenvalue weighted by atomic mass is 10.0. The number of piperidine rings is 1. The number of hydrogen-bond acceptors (Lipinski definition) is 6. The van der Waals surface area contributed by atoms with Crippen LogP contribution in [0.5, 0.6) is 0 Å². The van der Waals surface area contributed by atoms with Crippen molar-refractivity contribution >= 4 is 34.6 Å². The molecular weight excluding hydrogens is 546 g/mol. The number of aryl methyl sites for hydroxylation is 1. The van der Waals surface area contributed by atoms with Crippen LogP contribution in [0, 0.1) is 6.92 Å². The zero-order valence-corrected chi connectivity index (χ0v) is 24.2. The number of carbonyl (C=O) groups excluding carboxylic acids is 3. The summed E-state index contributed by atoms with van der Waals surface area (Å²) in [4.78, 5) is 47.4. The highest BCUT2D eigenvalue weighted by molar-refractivity contribution is 5.92. The SMILES string of the molecule is Cc1cc(C[C@H](NC(=O)N2CCC(N3Cc4ccccc4NC3=O)CC2)C(=O)OC(C)c2ccncc2)cc2cn[nH]c12. The number of nitrogens with one attached hydrogen (secondary N) is 3. The number of esters is 1. The molecule has 2 aromatic heterocycles. The van der Waals surface area contributed by atoms with Crippen molar-refractivity contribution in [3.63, 3.8) is 0 Å². The number of anilines is 1. The Morgan fingerprint density at radius 3 is 2.67 bits per heavy atom. The number of fused-ring (bicyclic) bond motifs is 2. The molecule has 1 unspecified atom stereocenters. The fraction of sp³-hybridized carbons (Fsp3) is 0.344. The van der Waals surface area contributed by atoms with Gasteiger partial charge < -0.3 is 25.2 Å². The van der Waals surface area contributed by atoms with E-state index in [1.807, 2.05) is 48.2 Å². The topological polar surface area (TPSA) is 133 Å². The number of aromatic amines is 1. The quantitative estimate of drug-likeness (QED) is 0.271. The minimum atomic E-state index is -0.900. The summed E-state index contributed by atoms with van der Waals surface area (Å²) < 4.78 is 5.83. The highest BCUT2D eigenvalue weighted by atomic mass is 16.5. The molecule has 2 aliphatic heterocycles. The van der Waals surface area contributed by atoms with Gasteiger partial charge in [0.05, 0.1) is 11.7 Å². The Balaban J connectivity index is 1.13. The number of para-hydroxylation sites is 1. The number of H-pyrrole nitrogens is 1. The number of aromatic nitrogens is 3. The number of carbonyl (C=O) groups is 3. The van der Waals surface area contributed by atoms with Crippen LogP contribution in [-0.2, 0) is 22.5 Å². The molecule has 222 valence electrons. The van der Waals surface area contributed by atoms with Gasteiger partial charge in [0, 0.05) is 55.6 Å². The molecule has 43 heavy (non-hydrogen) atoms. The molecule has 0 radical (unpaired) electrons. The zero-order valence-electron chi connectivity index (χ0n) is 24.2. The second-order valence-corrected chi connectivity index (χ2v) is 11.2. The molecule has 2 atom stereocenters. The van der Waals surface area contributed by atoms with Gasteiger partial charge in [-0.1, -0.05) is 24.3 Å². The Morgan fingerprint density at radius 1 is 1.12 bits per heavy atom. The molecule has 0 spiro atoms. The number of urea groups is 2. The van der Waals surface area contributed by atoms with Crippen LogP contribution in [0.2, 0.25) is 0 Å². The van der Waals surface area contributed by atoms with Crippen LogP contribution in [0.25, 0.3) is 10.9 Å². The first kappa shape index (κ1) is 28.2.